The SMILES string of the molecule is CCNC(=NCc1ccc(OC)cc1OC)NCc1sc(C)nc1C.I. The molecular weight excluding hydrogens is 463 g/mol. The standard InChI is InChI=1S/C18H26N4O2S.HI/c1-6-19-18(21-11-17-12(2)22-13(3)25-17)20-10-14-7-8-15(23-4)9-16(14)24-5;/h7-9H,6,10-11H2,1-5H3,(H2,19,20,21);1H. The first-order chi connectivity index (χ1) is 12.1. The van der Waals surface area contributed by atoms with Gasteiger partial charge >= 0.3 is 0 Å². The number of hydrogen-bond acceptors (Lipinski definition) is 5. The molecule has 1 aromatic carbocycles. The molecular formula is C18H27IN4O2S. The summed E-state index contributed by atoms with van der Waals surface area (Å²) in [4.78, 5) is 10.3. The van der Waals surface area contributed by atoms with Crippen molar-refractivity contribution in [3.63, 3.8) is 0 Å². The van der Waals surface area contributed by atoms with Crippen molar-refractivity contribution >= 4 is 41.3 Å². The van der Waals surface area contributed by atoms with Gasteiger partial charge in [0.1, 0.15) is 11.5 Å². The molecule has 0 bridgehead atoms. The van der Waals surface area contributed by atoms with Crippen LogP contribution in [0.4, 0.5) is 0 Å². The Hall–Kier alpha value is -1.55. The van der Waals surface area contributed by atoms with Crippen molar-refractivity contribution in [2.45, 2.75) is 33.9 Å². The van der Waals surface area contributed by atoms with Gasteiger partial charge in [0, 0.05) is 23.1 Å². The van der Waals surface area contributed by atoms with Crippen molar-refractivity contribution in [2.24, 2.45) is 4.99 Å². The first-order valence-corrected chi connectivity index (χ1v) is 9.05. The van der Waals surface area contributed by atoms with Gasteiger partial charge in [0.2, 0.25) is 0 Å². The average Bonchev–Trinajstić information content (AvgIpc) is 2.94. The predicted molar refractivity (Wildman–Crippen MR) is 118 cm³/mol. The van der Waals surface area contributed by atoms with Gasteiger partial charge in [-0.2, -0.15) is 0 Å². The largest absolute Gasteiger partial charge is 0.497 e. The average molecular weight is 490 g/mol. The van der Waals surface area contributed by atoms with E-state index in [1.807, 2.05) is 39.0 Å². The molecule has 0 aliphatic carbocycles. The van der Waals surface area contributed by atoms with Crippen LogP contribution in [0.15, 0.2) is 23.2 Å². The van der Waals surface area contributed by atoms with Gasteiger partial charge in [-0.25, -0.2) is 9.98 Å². The van der Waals surface area contributed by atoms with E-state index in [2.05, 4.69) is 20.6 Å². The van der Waals surface area contributed by atoms with Crippen LogP contribution in [0.3, 0.4) is 0 Å². The highest BCUT2D eigenvalue weighted by molar-refractivity contribution is 14.0. The number of guanidine groups is 1. The molecule has 0 aliphatic rings. The third-order valence-corrected chi connectivity index (χ3v) is 4.73. The molecule has 144 valence electrons. The van der Waals surface area contributed by atoms with Crippen molar-refractivity contribution in [2.75, 3.05) is 20.8 Å². The van der Waals surface area contributed by atoms with Crippen LogP contribution in [0, 0.1) is 13.8 Å². The van der Waals surface area contributed by atoms with Crippen LogP contribution < -0.4 is 20.1 Å². The fourth-order valence-electron chi connectivity index (χ4n) is 2.39. The summed E-state index contributed by atoms with van der Waals surface area (Å²) < 4.78 is 10.7. The normalized spacial score (nSPS) is 10.9. The number of halogens is 1. The lowest BCUT2D eigenvalue weighted by atomic mass is 10.2. The van der Waals surface area contributed by atoms with Crippen molar-refractivity contribution in [1.29, 1.82) is 0 Å². The van der Waals surface area contributed by atoms with E-state index in [1.165, 1.54) is 4.88 Å². The number of aryl methyl sites for hydroxylation is 2. The number of aliphatic imine (C=N–C) groups is 1. The molecule has 0 saturated carbocycles. The summed E-state index contributed by atoms with van der Waals surface area (Å²) in [6.45, 7) is 8.13. The van der Waals surface area contributed by atoms with E-state index in [4.69, 9.17) is 9.47 Å². The lowest BCUT2D eigenvalue weighted by molar-refractivity contribution is 0.391. The first kappa shape index (κ1) is 22.5. The highest BCUT2D eigenvalue weighted by Crippen LogP contribution is 2.25. The van der Waals surface area contributed by atoms with Gasteiger partial charge in [0.15, 0.2) is 5.96 Å². The van der Waals surface area contributed by atoms with E-state index < -0.39 is 0 Å². The topological polar surface area (TPSA) is 67.8 Å². The molecule has 2 N–H and O–H groups in total. The van der Waals surface area contributed by atoms with Gasteiger partial charge in [-0.3, -0.25) is 0 Å². The Labute approximate surface area is 176 Å². The molecule has 6 nitrogen and oxygen atoms in total. The molecule has 0 amide bonds. The second-order valence-corrected chi connectivity index (χ2v) is 6.76. The molecule has 0 spiro atoms. The molecule has 0 aliphatic heterocycles. The Kier molecular flexibility index (Phi) is 9.71. The number of thiazole rings is 1. The van der Waals surface area contributed by atoms with Crippen molar-refractivity contribution in [3.05, 3.63) is 39.3 Å². The molecule has 0 radical (unpaired) electrons. The minimum Gasteiger partial charge on any atom is -0.497 e. The monoisotopic (exact) mass is 490 g/mol. The van der Waals surface area contributed by atoms with Crippen LogP contribution in [-0.4, -0.2) is 31.7 Å². The summed E-state index contributed by atoms with van der Waals surface area (Å²) in [7, 11) is 3.29. The van der Waals surface area contributed by atoms with Crippen molar-refractivity contribution in [3.8, 4) is 11.5 Å². The Bertz CT molecular complexity index is 734. The minimum absolute atomic E-state index is 0. The van der Waals surface area contributed by atoms with Crippen molar-refractivity contribution < 1.29 is 9.47 Å². The molecule has 0 saturated heterocycles. The maximum Gasteiger partial charge on any atom is 0.191 e. The summed E-state index contributed by atoms with van der Waals surface area (Å²) in [6, 6.07) is 5.76. The highest BCUT2D eigenvalue weighted by atomic mass is 127. The molecule has 2 rings (SSSR count). The summed E-state index contributed by atoms with van der Waals surface area (Å²) in [5.74, 6) is 2.31. The zero-order valence-corrected chi connectivity index (χ0v) is 19.0. The van der Waals surface area contributed by atoms with E-state index in [-0.39, 0.29) is 24.0 Å². The van der Waals surface area contributed by atoms with E-state index in [0.29, 0.717) is 13.1 Å². The Balaban J connectivity index is 0.00000338. The number of rotatable bonds is 7. The molecule has 1 aromatic heterocycles. The van der Waals surface area contributed by atoms with E-state index in [0.717, 1.165) is 40.3 Å². The second kappa shape index (κ2) is 11.2. The van der Waals surface area contributed by atoms with Crippen LogP contribution in [0.2, 0.25) is 0 Å². The molecule has 1 heterocycles. The number of nitrogens with one attached hydrogen (secondary N) is 2. The van der Waals surface area contributed by atoms with Crippen LogP contribution in [0.5, 0.6) is 11.5 Å². The van der Waals surface area contributed by atoms with Gasteiger partial charge in [-0.05, 0) is 32.9 Å². The molecule has 26 heavy (non-hydrogen) atoms. The van der Waals surface area contributed by atoms with Gasteiger partial charge in [0.05, 0.1) is 38.0 Å². The van der Waals surface area contributed by atoms with Gasteiger partial charge in [-0.1, -0.05) is 0 Å². The Morgan fingerprint density at radius 2 is 1.96 bits per heavy atom. The summed E-state index contributed by atoms with van der Waals surface area (Å²) in [5, 5.41) is 7.71. The number of methoxy groups -OCH3 is 2. The number of ether oxygens (including phenoxy) is 2. The third-order valence-electron chi connectivity index (χ3n) is 3.66. The maximum atomic E-state index is 5.43. The smallest absolute Gasteiger partial charge is 0.191 e. The number of nitrogens with zero attached hydrogens (tertiary/aromatic N) is 2. The first-order valence-electron chi connectivity index (χ1n) is 8.23. The van der Waals surface area contributed by atoms with E-state index in [9.17, 15) is 0 Å². The Morgan fingerprint density at radius 1 is 1.19 bits per heavy atom. The second-order valence-electron chi connectivity index (χ2n) is 5.47. The highest BCUT2D eigenvalue weighted by Gasteiger charge is 2.07. The summed E-state index contributed by atoms with van der Waals surface area (Å²) >= 11 is 1.71. The quantitative estimate of drug-likeness (QED) is 0.353. The molecule has 0 fully saturated rings. The fraction of sp³-hybridized carbons (Fsp3) is 0.444. The lowest BCUT2D eigenvalue weighted by Gasteiger charge is -2.12. The number of aromatic nitrogens is 1. The van der Waals surface area contributed by atoms with E-state index >= 15 is 0 Å². The van der Waals surface area contributed by atoms with Crippen LogP contribution >= 0.6 is 35.3 Å². The molecule has 8 heteroatoms. The molecule has 0 unspecified atom stereocenters. The van der Waals surface area contributed by atoms with Gasteiger partial charge in [-0.15, -0.1) is 35.3 Å². The van der Waals surface area contributed by atoms with Crippen LogP contribution in [0.1, 0.15) is 28.1 Å². The predicted octanol–water partition coefficient (Wildman–Crippen LogP) is 3.65. The van der Waals surface area contributed by atoms with Gasteiger partial charge < -0.3 is 20.1 Å². The zero-order valence-electron chi connectivity index (χ0n) is 15.9. The zero-order chi connectivity index (χ0) is 18.2. The summed E-state index contributed by atoms with van der Waals surface area (Å²) in [5.41, 5.74) is 2.08. The number of benzene rings is 1. The minimum atomic E-state index is 0. The van der Waals surface area contributed by atoms with Crippen LogP contribution in [-0.2, 0) is 13.1 Å². The maximum absolute atomic E-state index is 5.43. The van der Waals surface area contributed by atoms with Crippen LogP contribution in [0.25, 0.3) is 0 Å². The number of hydrogen-bond donors (Lipinski definition) is 2. The Morgan fingerprint density at radius 3 is 2.54 bits per heavy atom. The summed E-state index contributed by atoms with van der Waals surface area (Å²) in [6.07, 6.45) is 0. The van der Waals surface area contributed by atoms with Crippen molar-refractivity contribution in [1.82, 2.24) is 15.6 Å². The fourth-order valence-corrected chi connectivity index (χ4v) is 3.27. The lowest BCUT2D eigenvalue weighted by Crippen LogP contribution is -2.36. The van der Waals surface area contributed by atoms with E-state index in [1.54, 1.807) is 25.6 Å². The van der Waals surface area contributed by atoms with Gasteiger partial charge in [0.25, 0.3) is 0 Å². The molecule has 0 atom stereocenters. The molecule has 2 aromatic rings. The third kappa shape index (κ3) is 6.31.